The molecule has 6 nitrogen and oxygen atoms in total. The third-order valence-corrected chi connectivity index (χ3v) is 5.15. The fraction of sp³-hybridized carbons (Fsp3) is 0.217. The summed E-state index contributed by atoms with van der Waals surface area (Å²) in [5.41, 5.74) is 4.17. The quantitative estimate of drug-likeness (QED) is 0.657. The van der Waals surface area contributed by atoms with E-state index in [9.17, 15) is 9.59 Å². The van der Waals surface area contributed by atoms with Crippen LogP contribution in [0.5, 0.6) is 0 Å². The van der Waals surface area contributed by atoms with Crippen LogP contribution in [-0.2, 0) is 11.3 Å². The van der Waals surface area contributed by atoms with Crippen LogP contribution >= 0.6 is 0 Å². The van der Waals surface area contributed by atoms with Crippen molar-refractivity contribution in [2.24, 2.45) is 0 Å². The van der Waals surface area contributed by atoms with Gasteiger partial charge < -0.3 is 19.5 Å². The van der Waals surface area contributed by atoms with E-state index in [-0.39, 0.29) is 12.1 Å². The van der Waals surface area contributed by atoms with Gasteiger partial charge in [0.15, 0.2) is 0 Å². The number of nitrogens with one attached hydrogen (secondary N) is 1. The van der Waals surface area contributed by atoms with E-state index in [0.29, 0.717) is 24.4 Å². The maximum atomic E-state index is 13.2. The first-order valence-electron chi connectivity index (χ1n) is 9.69. The van der Waals surface area contributed by atoms with E-state index in [1.807, 2.05) is 43.5 Å². The van der Waals surface area contributed by atoms with Gasteiger partial charge in [0.2, 0.25) is 0 Å². The van der Waals surface area contributed by atoms with E-state index in [1.165, 1.54) is 0 Å². The molecule has 1 aliphatic rings. The molecule has 2 aromatic carbocycles. The summed E-state index contributed by atoms with van der Waals surface area (Å²) in [6.07, 6.45) is 2.02. The molecule has 0 spiro atoms. The third-order valence-electron chi connectivity index (χ3n) is 5.15. The van der Waals surface area contributed by atoms with E-state index in [4.69, 9.17) is 4.74 Å². The largest absolute Gasteiger partial charge is 0.462 e. The van der Waals surface area contributed by atoms with Crippen molar-refractivity contribution in [3.8, 4) is 5.69 Å². The molecule has 2 amide bonds. The molecule has 29 heavy (non-hydrogen) atoms. The number of carbonyl (C=O) groups excluding carboxylic acids is 2. The van der Waals surface area contributed by atoms with Crippen LogP contribution < -0.4 is 5.32 Å². The molecule has 6 heteroatoms. The summed E-state index contributed by atoms with van der Waals surface area (Å²) in [5, 5.41) is 2.93. The maximum Gasteiger partial charge on any atom is 0.338 e. The number of anilines is 1. The molecule has 0 saturated carbocycles. The molecule has 0 aliphatic carbocycles. The number of nitrogens with zero attached hydrogens (tertiary/aromatic N) is 2. The Labute approximate surface area is 169 Å². The summed E-state index contributed by atoms with van der Waals surface area (Å²) in [7, 11) is 0. The molecule has 1 N–H and O–H groups in total. The lowest BCUT2D eigenvalue weighted by Gasteiger charge is -2.27. The van der Waals surface area contributed by atoms with Gasteiger partial charge in [0, 0.05) is 17.6 Å². The summed E-state index contributed by atoms with van der Waals surface area (Å²) < 4.78 is 7.18. The lowest BCUT2D eigenvalue weighted by molar-refractivity contribution is 0.0526. The molecule has 1 atom stereocenters. The standard InChI is InChI=1S/C23H23N3O3/c1-3-29-22(27)17-9-6-10-19(14-17)24-23(28)26-15-18-8-4-5-11-21(18)25-13-7-12-20(25)16(26)2/h4-14,16H,3,15H2,1-2H3,(H,24,28)/t16-/m0/s1. The average Bonchev–Trinajstić information content (AvgIpc) is 3.18. The molecule has 148 valence electrons. The number of fused-ring (bicyclic) bond motifs is 3. The van der Waals surface area contributed by atoms with Gasteiger partial charge in [-0.25, -0.2) is 9.59 Å². The number of aromatic nitrogens is 1. The Bertz CT molecular complexity index is 1060. The van der Waals surface area contributed by atoms with E-state index in [1.54, 1.807) is 36.1 Å². The number of rotatable bonds is 3. The number of carbonyl (C=O) groups is 2. The van der Waals surface area contributed by atoms with Gasteiger partial charge in [-0.2, -0.15) is 0 Å². The molecule has 0 unspecified atom stereocenters. The van der Waals surface area contributed by atoms with Crippen molar-refractivity contribution in [3.63, 3.8) is 0 Å². The van der Waals surface area contributed by atoms with Crippen molar-refractivity contribution in [1.29, 1.82) is 0 Å². The number of urea groups is 1. The lowest BCUT2D eigenvalue weighted by Crippen LogP contribution is -2.36. The summed E-state index contributed by atoms with van der Waals surface area (Å²) in [4.78, 5) is 26.9. The molecular weight excluding hydrogens is 366 g/mol. The zero-order chi connectivity index (χ0) is 20.4. The van der Waals surface area contributed by atoms with Gasteiger partial charge in [-0.1, -0.05) is 24.3 Å². The zero-order valence-electron chi connectivity index (χ0n) is 16.5. The summed E-state index contributed by atoms with van der Waals surface area (Å²) >= 11 is 0. The van der Waals surface area contributed by atoms with E-state index in [0.717, 1.165) is 16.9 Å². The fourth-order valence-corrected chi connectivity index (χ4v) is 3.69. The Morgan fingerprint density at radius 1 is 1.10 bits per heavy atom. The monoisotopic (exact) mass is 389 g/mol. The van der Waals surface area contributed by atoms with Crippen LogP contribution in [0.15, 0.2) is 66.9 Å². The van der Waals surface area contributed by atoms with Gasteiger partial charge in [0.1, 0.15) is 0 Å². The summed E-state index contributed by atoms with van der Waals surface area (Å²) in [6.45, 7) is 4.58. The van der Waals surface area contributed by atoms with Gasteiger partial charge in [-0.05, 0) is 55.8 Å². The molecule has 0 fully saturated rings. The number of ether oxygens (including phenoxy) is 1. The maximum absolute atomic E-state index is 13.2. The Balaban J connectivity index is 1.61. The van der Waals surface area contributed by atoms with Crippen LogP contribution in [0.2, 0.25) is 0 Å². The molecule has 1 aliphatic heterocycles. The van der Waals surface area contributed by atoms with Gasteiger partial charge in [-0.15, -0.1) is 0 Å². The second kappa shape index (κ2) is 7.83. The Morgan fingerprint density at radius 3 is 2.76 bits per heavy atom. The number of benzene rings is 2. The van der Waals surface area contributed by atoms with Crippen molar-refractivity contribution < 1.29 is 14.3 Å². The SMILES string of the molecule is CCOC(=O)c1cccc(NC(=O)N2Cc3ccccc3-n3cccc3[C@@H]2C)c1. The predicted octanol–water partition coefficient (Wildman–Crippen LogP) is 4.76. The average molecular weight is 389 g/mol. The second-order valence-electron chi connectivity index (χ2n) is 6.97. The van der Waals surface area contributed by atoms with Crippen molar-refractivity contribution in [1.82, 2.24) is 9.47 Å². The highest BCUT2D eigenvalue weighted by atomic mass is 16.5. The van der Waals surface area contributed by atoms with Gasteiger partial charge in [0.05, 0.1) is 30.4 Å². The van der Waals surface area contributed by atoms with Crippen LogP contribution in [0.4, 0.5) is 10.5 Å². The van der Waals surface area contributed by atoms with E-state index < -0.39 is 5.97 Å². The van der Waals surface area contributed by atoms with Gasteiger partial charge in [-0.3, -0.25) is 0 Å². The van der Waals surface area contributed by atoms with Gasteiger partial charge >= 0.3 is 12.0 Å². The van der Waals surface area contributed by atoms with Crippen molar-refractivity contribution in [3.05, 3.63) is 83.7 Å². The number of esters is 1. The molecule has 1 aromatic heterocycles. The predicted molar refractivity (Wildman–Crippen MR) is 111 cm³/mol. The Morgan fingerprint density at radius 2 is 1.93 bits per heavy atom. The topological polar surface area (TPSA) is 63.6 Å². The van der Waals surface area contributed by atoms with Crippen molar-refractivity contribution in [2.75, 3.05) is 11.9 Å². The first kappa shape index (κ1) is 18.8. The molecule has 0 saturated heterocycles. The summed E-state index contributed by atoms with van der Waals surface area (Å²) in [5.74, 6) is -0.404. The number of hydrogen-bond acceptors (Lipinski definition) is 3. The first-order chi connectivity index (χ1) is 14.1. The Kier molecular flexibility index (Phi) is 5.08. The van der Waals surface area contributed by atoms with Crippen molar-refractivity contribution >= 4 is 17.7 Å². The minimum atomic E-state index is -0.404. The zero-order valence-corrected chi connectivity index (χ0v) is 16.5. The first-order valence-corrected chi connectivity index (χ1v) is 9.69. The minimum Gasteiger partial charge on any atom is -0.462 e. The number of hydrogen-bond donors (Lipinski definition) is 1. The molecule has 3 aromatic rings. The molecule has 4 rings (SSSR count). The Hall–Kier alpha value is -3.54. The lowest BCUT2D eigenvalue weighted by atomic mass is 10.1. The second-order valence-corrected chi connectivity index (χ2v) is 6.97. The smallest absolute Gasteiger partial charge is 0.338 e. The van der Waals surface area contributed by atoms with Crippen LogP contribution in [0, 0.1) is 0 Å². The highest BCUT2D eigenvalue weighted by Crippen LogP contribution is 2.32. The van der Waals surface area contributed by atoms with E-state index in [2.05, 4.69) is 16.0 Å². The third kappa shape index (κ3) is 3.61. The molecule has 0 bridgehead atoms. The highest BCUT2D eigenvalue weighted by Gasteiger charge is 2.28. The van der Waals surface area contributed by atoms with Crippen molar-refractivity contribution in [2.45, 2.75) is 26.4 Å². The van der Waals surface area contributed by atoms with Crippen LogP contribution in [0.1, 0.15) is 41.5 Å². The molecular formula is C23H23N3O3. The van der Waals surface area contributed by atoms with Crippen LogP contribution in [0.25, 0.3) is 5.69 Å². The van der Waals surface area contributed by atoms with Crippen LogP contribution in [-0.4, -0.2) is 28.1 Å². The normalized spacial score (nSPS) is 15.1. The fourth-order valence-electron chi connectivity index (χ4n) is 3.69. The van der Waals surface area contributed by atoms with Gasteiger partial charge in [0.25, 0.3) is 0 Å². The molecule has 2 heterocycles. The summed E-state index contributed by atoms with van der Waals surface area (Å²) in [6, 6.07) is 18.6. The highest BCUT2D eigenvalue weighted by molar-refractivity contribution is 5.94. The van der Waals surface area contributed by atoms with Crippen LogP contribution in [0.3, 0.4) is 0 Å². The molecule has 0 radical (unpaired) electrons. The minimum absolute atomic E-state index is 0.120. The van der Waals surface area contributed by atoms with E-state index >= 15 is 0 Å². The number of amides is 2. The number of para-hydroxylation sites is 1.